The third kappa shape index (κ3) is 8.99. The minimum atomic E-state index is -1.36. The summed E-state index contributed by atoms with van der Waals surface area (Å²) in [7, 11) is 1.45. The number of carbonyl (C=O) groups is 1. The summed E-state index contributed by atoms with van der Waals surface area (Å²) in [6, 6.07) is 12.6. The SMILES string of the molecule is C=C(COC)C(=O)OCC(COC(O)C(=C)CO)c1ccc(-c2ccc(CCCCC)cc2F)cc1. The molecule has 196 valence electrons. The number of aliphatic hydroxyl groups is 2. The number of rotatable bonds is 16. The van der Waals surface area contributed by atoms with Gasteiger partial charge in [0.05, 0.1) is 25.4 Å². The van der Waals surface area contributed by atoms with E-state index in [-0.39, 0.29) is 36.8 Å². The number of benzene rings is 2. The Hall–Kier alpha value is -2.84. The van der Waals surface area contributed by atoms with Gasteiger partial charge in [-0.25, -0.2) is 9.18 Å². The van der Waals surface area contributed by atoms with Crippen LogP contribution in [0.4, 0.5) is 4.39 Å². The number of carbonyl (C=O) groups excluding carboxylic acids is 1. The Labute approximate surface area is 213 Å². The summed E-state index contributed by atoms with van der Waals surface area (Å²) in [5.74, 6) is -1.31. The number of hydrogen-bond acceptors (Lipinski definition) is 6. The van der Waals surface area contributed by atoms with Gasteiger partial charge in [0.1, 0.15) is 12.4 Å². The molecular weight excluding hydrogens is 463 g/mol. The molecule has 0 radical (unpaired) electrons. The zero-order chi connectivity index (χ0) is 26.5. The van der Waals surface area contributed by atoms with Gasteiger partial charge in [-0.2, -0.15) is 0 Å². The third-order valence-electron chi connectivity index (χ3n) is 5.83. The van der Waals surface area contributed by atoms with Crippen LogP contribution in [0.25, 0.3) is 11.1 Å². The first-order chi connectivity index (χ1) is 17.3. The van der Waals surface area contributed by atoms with Crippen LogP contribution in [0.3, 0.4) is 0 Å². The number of esters is 1. The lowest BCUT2D eigenvalue weighted by atomic mass is 9.96. The fourth-order valence-electron chi connectivity index (χ4n) is 3.62. The van der Waals surface area contributed by atoms with E-state index in [1.807, 2.05) is 18.2 Å². The van der Waals surface area contributed by atoms with Gasteiger partial charge in [0.2, 0.25) is 0 Å². The smallest absolute Gasteiger partial charge is 0.335 e. The van der Waals surface area contributed by atoms with E-state index in [4.69, 9.17) is 19.3 Å². The second-order valence-corrected chi connectivity index (χ2v) is 8.73. The highest BCUT2D eigenvalue weighted by Crippen LogP contribution is 2.27. The predicted octanol–water partition coefficient (Wildman–Crippen LogP) is 4.94. The normalized spacial score (nSPS) is 12.7. The van der Waals surface area contributed by atoms with Gasteiger partial charge in [0, 0.05) is 24.2 Å². The van der Waals surface area contributed by atoms with Crippen molar-refractivity contribution in [2.45, 2.75) is 44.8 Å². The molecule has 0 saturated heterocycles. The zero-order valence-corrected chi connectivity index (χ0v) is 21.2. The van der Waals surface area contributed by atoms with Crippen LogP contribution < -0.4 is 0 Å². The van der Waals surface area contributed by atoms with Crippen LogP contribution in [0.2, 0.25) is 0 Å². The van der Waals surface area contributed by atoms with Crippen LogP contribution in [0, 0.1) is 5.82 Å². The molecule has 2 rings (SSSR count). The van der Waals surface area contributed by atoms with Crippen LogP contribution >= 0.6 is 0 Å². The van der Waals surface area contributed by atoms with E-state index in [9.17, 15) is 14.3 Å². The predicted molar refractivity (Wildman–Crippen MR) is 138 cm³/mol. The molecule has 0 saturated carbocycles. The number of ether oxygens (including phenoxy) is 3. The van der Waals surface area contributed by atoms with Crippen molar-refractivity contribution >= 4 is 5.97 Å². The largest absolute Gasteiger partial charge is 0.462 e. The number of unbranched alkanes of at least 4 members (excludes halogenated alkanes) is 2. The maximum Gasteiger partial charge on any atom is 0.335 e. The van der Waals surface area contributed by atoms with Crippen molar-refractivity contribution in [3.8, 4) is 11.1 Å². The molecule has 2 aromatic rings. The topological polar surface area (TPSA) is 85.2 Å². The average molecular weight is 501 g/mol. The van der Waals surface area contributed by atoms with Crippen molar-refractivity contribution in [3.05, 3.63) is 83.7 Å². The van der Waals surface area contributed by atoms with E-state index < -0.39 is 24.8 Å². The van der Waals surface area contributed by atoms with Gasteiger partial charge < -0.3 is 24.4 Å². The Morgan fingerprint density at radius 1 is 1.08 bits per heavy atom. The van der Waals surface area contributed by atoms with Crippen molar-refractivity contribution in [1.82, 2.24) is 0 Å². The van der Waals surface area contributed by atoms with Crippen molar-refractivity contribution < 1.29 is 33.6 Å². The summed E-state index contributed by atoms with van der Waals surface area (Å²) in [4.78, 5) is 12.2. The number of hydrogen-bond donors (Lipinski definition) is 2. The monoisotopic (exact) mass is 500 g/mol. The van der Waals surface area contributed by atoms with E-state index in [2.05, 4.69) is 20.1 Å². The Bertz CT molecular complexity index is 1000. The van der Waals surface area contributed by atoms with Crippen LogP contribution in [0.5, 0.6) is 0 Å². The van der Waals surface area contributed by atoms with E-state index >= 15 is 0 Å². The quantitative estimate of drug-likeness (QED) is 0.112. The molecular formula is C29H37FO6. The van der Waals surface area contributed by atoms with Gasteiger partial charge in [-0.3, -0.25) is 0 Å². The highest BCUT2D eigenvalue weighted by atomic mass is 19.1. The van der Waals surface area contributed by atoms with Gasteiger partial charge in [-0.05, 0) is 35.6 Å². The van der Waals surface area contributed by atoms with E-state index in [0.717, 1.165) is 42.4 Å². The summed E-state index contributed by atoms with van der Waals surface area (Å²) in [6.07, 6.45) is 2.78. The Kier molecular flexibility index (Phi) is 12.5. The van der Waals surface area contributed by atoms with Crippen LogP contribution in [0.1, 0.15) is 43.2 Å². The van der Waals surface area contributed by atoms with Crippen molar-refractivity contribution in [2.24, 2.45) is 0 Å². The van der Waals surface area contributed by atoms with E-state index in [1.165, 1.54) is 7.11 Å². The van der Waals surface area contributed by atoms with Crippen LogP contribution in [-0.4, -0.2) is 56.0 Å². The molecule has 0 aliphatic carbocycles. The lowest BCUT2D eigenvalue weighted by Gasteiger charge is -2.21. The maximum absolute atomic E-state index is 14.8. The standard InChI is InChI=1S/C29H37FO6/c1-5-6-7-8-22-9-14-26(27(30)15-22)24-12-10-23(11-13-24)25(18-35-28(32)20(2)16-31)19-36-29(33)21(3)17-34-4/h9-15,25,28,31-32H,2-3,5-8,16-19H2,1,4H3. The molecule has 0 fully saturated rings. The summed E-state index contributed by atoms with van der Waals surface area (Å²) in [5.41, 5.74) is 3.26. The molecule has 36 heavy (non-hydrogen) atoms. The minimum absolute atomic E-state index is 0.00954. The Morgan fingerprint density at radius 2 is 1.81 bits per heavy atom. The Morgan fingerprint density at radius 3 is 2.42 bits per heavy atom. The molecule has 0 aliphatic heterocycles. The van der Waals surface area contributed by atoms with E-state index in [0.29, 0.717) is 5.56 Å². The maximum atomic E-state index is 14.8. The molecule has 6 nitrogen and oxygen atoms in total. The van der Waals surface area contributed by atoms with Crippen molar-refractivity contribution in [2.75, 3.05) is 33.5 Å². The fraction of sp³-hybridized carbons (Fsp3) is 0.414. The number of methoxy groups -OCH3 is 1. The number of aryl methyl sites for hydroxylation is 1. The van der Waals surface area contributed by atoms with Crippen molar-refractivity contribution in [3.63, 3.8) is 0 Å². The Balaban J connectivity index is 2.16. The van der Waals surface area contributed by atoms with E-state index in [1.54, 1.807) is 24.3 Å². The second kappa shape index (κ2) is 15.3. The van der Waals surface area contributed by atoms with Crippen LogP contribution in [-0.2, 0) is 25.4 Å². The summed E-state index contributed by atoms with van der Waals surface area (Å²) < 4.78 is 30.5. The summed E-state index contributed by atoms with van der Waals surface area (Å²) in [6.45, 7) is 8.90. The first kappa shape index (κ1) is 29.4. The lowest BCUT2D eigenvalue weighted by Crippen LogP contribution is -2.24. The highest BCUT2D eigenvalue weighted by Gasteiger charge is 2.19. The van der Waals surface area contributed by atoms with Gasteiger partial charge in [-0.15, -0.1) is 0 Å². The van der Waals surface area contributed by atoms with Crippen molar-refractivity contribution in [1.29, 1.82) is 0 Å². The molecule has 2 N–H and O–H groups in total. The molecule has 2 unspecified atom stereocenters. The molecule has 0 aliphatic rings. The second-order valence-electron chi connectivity index (χ2n) is 8.73. The number of halogens is 1. The fourth-order valence-corrected chi connectivity index (χ4v) is 3.62. The zero-order valence-electron chi connectivity index (χ0n) is 21.2. The molecule has 0 heterocycles. The third-order valence-corrected chi connectivity index (χ3v) is 5.83. The first-order valence-electron chi connectivity index (χ1n) is 12.1. The highest BCUT2D eigenvalue weighted by molar-refractivity contribution is 5.88. The van der Waals surface area contributed by atoms with Gasteiger partial charge in [0.15, 0.2) is 6.29 Å². The molecule has 0 amide bonds. The van der Waals surface area contributed by atoms with Crippen LogP contribution in [0.15, 0.2) is 66.8 Å². The number of aliphatic hydroxyl groups excluding tert-OH is 2. The molecule has 0 aromatic heterocycles. The molecule has 2 aromatic carbocycles. The molecule has 2 atom stereocenters. The van der Waals surface area contributed by atoms with Gasteiger partial charge in [-0.1, -0.05) is 69.3 Å². The van der Waals surface area contributed by atoms with Gasteiger partial charge >= 0.3 is 5.97 Å². The summed E-state index contributed by atoms with van der Waals surface area (Å²) in [5, 5.41) is 19.1. The lowest BCUT2D eigenvalue weighted by molar-refractivity contribution is -0.141. The molecule has 0 spiro atoms. The average Bonchev–Trinajstić information content (AvgIpc) is 2.88. The minimum Gasteiger partial charge on any atom is -0.462 e. The molecule has 0 bridgehead atoms. The summed E-state index contributed by atoms with van der Waals surface area (Å²) >= 11 is 0. The first-order valence-corrected chi connectivity index (χ1v) is 12.1. The molecule has 7 heteroatoms. The van der Waals surface area contributed by atoms with Gasteiger partial charge in [0.25, 0.3) is 0 Å².